The van der Waals surface area contributed by atoms with Gasteiger partial charge in [-0.15, -0.1) is 0 Å². The second-order valence-corrected chi connectivity index (χ2v) is 8.65. The minimum atomic E-state index is -0.224. The Labute approximate surface area is 190 Å². The Balaban J connectivity index is 1.23. The summed E-state index contributed by atoms with van der Waals surface area (Å²) in [6, 6.07) is 8.09. The lowest BCUT2D eigenvalue weighted by atomic mass is 10.1. The first-order valence-corrected chi connectivity index (χ1v) is 11.1. The van der Waals surface area contributed by atoms with E-state index in [4.69, 9.17) is 9.05 Å². The van der Waals surface area contributed by atoms with Gasteiger partial charge < -0.3 is 9.05 Å². The first kappa shape index (κ1) is 21.5. The van der Waals surface area contributed by atoms with Crippen LogP contribution >= 0.6 is 0 Å². The maximum Gasteiger partial charge on any atom is 0.298 e. The van der Waals surface area contributed by atoms with Crippen LogP contribution in [0.25, 0.3) is 22.3 Å². The van der Waals surface area contributed by atoms with Gasteiger partial charge in [0.05, 0.1) is 23.8 Å². The molecule has 0 amide bonds. The Hall–Kier alpha value is -3.37. The molecule has 1 unspecified atom stereocenters. The summed E-state index contributed by atoms with van der Waals surface area (Å²) in [4.78, 5) is 21.9. The minimum absolute atomic E-state index is 0.0106. The second-order valence-electron chi connectivity index (χ2n) is 8.65. The number of piperazine rings is 1. The monoisotopic (exact) mass is 449 g/mol. The maximum atomic E-state index is 12.8. The average Bonchev–Trinajstić information content (AvgIpc) is 3.45. The Morgan fingerprint density at radius 3 is 2.45 bits per heavy atom. The maximum absolute atomic E-state index is 12.8. The van der Waals surface area contributed by atoms with Crippen LogP contribution in [0.4, 0.5) is 0 Å². The first-order chi connectivity index (χ1) is 15.9. The fourth-order valence-electron chi connectivity index (χ4n) is 4.30. The van der Waals surface area contributed by atoms with Crippen molar-refractivity contribution in [2.75, 3.05) is 26.2 Å². The molecule has 0 radical (unpaired) electrons. The number of aryl methyl sites for hydroxylation is 3. The van der Waals surface area contributed by atoms with Gasteiger partial charge in [0.2, 0.25) is 11.7 Å². The van der Waals surface area contributed by atoms with Crippen molar-refractivity contribution in [2.45, 2.75) is 40.4 Å². The van der Waals surface area contributed by atoms with Crippen LogP contribution in [-0.2, 0) is 6.67 Å². The normalized spacial score (nSPS) is 16.5. The van der Waals surface area contributed by atoms with Crippen LogP contribution in [0.3, 0.4) is 0 Å². The second kappa shape index (κ2) is 8.53. The molecular weight excluding hydrogens is 422 g/mol. The molecule has 4 heterocycles. The van der Waals surface area contributed by atoms with E-state index >= 15 is 0 Å². The van der Waals surface area contributed by atoms with Crippen LogP contribution in [-0.4, -0.2) is 61.1 Å². The Morgan fingerprint density at radius 1 is 1.00 bits per heavy atom. The molecule has 10 heteroatoms. The summed E-state index contributed by atoms with van der Waals surface area (Å²) in [6.45, 7) is 11.5. The van der Waals surface area contributed by atoms with Gasteiger partial charge in [-0.3, -0.25) is 14.6 Å². The third kappa shape index (κ3) is 4.07. The predicted octanol–water partition coefficient (Wildman–Crippen LogP) is 2.70. The molecule has 1 atom stereocenters. The van der Waals surface area contributed by atoms with Gasteiger partial charge in [0.1, 0.15) is 5.76 Å². The summed E-state index contributed by atoms with van der Waals surface area (Å²) >= 11 is 0. The van der Waals surface area contributed by atoms with Crippen molar-refractivity contribution in [1.29, 1.82) is 0 Å². The van der Waals surface area contributed by atoms with Gasteiger partial charge in [-0.05, 0) is 27.7 Å². The number of aromatic nitrogens is 5. The van der Waals surface area contributed by atoms with E-state index in [1.165, 1.54) is 10.2 Å². The average molecular weight is 450 g/mol. The molecule has 1 aromatic carbocycles. The molecule has 5 rings (SSSR count). The van der Waals surface area contributed by atoms with Crippen LogP contribution < -0.4 is 5.56 Å². The summed E-state index contributed by atoms with van der Waals surface area (Å²) in [5, 5.41) is 13.3. The van der Waals surface area contributed by atoms with E-state index in [9.17, 15) is 4.79 Å². The van der Waals surface area contributed by atoms with Crippen LogP contribution in [0, 0.1) is 20.8 Å². The van der Waals surface area contributed by atoms with Crippen molar-refractivity contribution in [3.63, 3.8) is 0 Å². The van der Waals surface area contributed by atoms with Crippen LogP contribution in [0.1, 0.15) is 35.9 Å². The Morgan fingerprint density at radius 2 is 1.73 bits per heavy atom. The van der Waals surface area contributed by atoms with Crippen LogP contribution in [0.5, 0.6) is 0 Å². The van der Waals surface area contributed by atoms with Gasteiger partial charge in [-0.1, -0.05) is 40.1 Å². The first-order valence-electron chi connectivity index (χ1n) is 11.1. The molecule has 33 heavy (non-hydrogen) atoms. The van der Waals surface area contributed by atoms with E-state index in [0.29, 0.717) is 35.0 Å². The largest absolute Gasteiger partial charge is 0.360 e. The topological polar surface area (TPSA) is 106 Å². The molecular formula is C23H27N7O3. The number of fused-ring (bicyclic) bond motifs is 1. The highest BCUT2D eigenvalue weighted by molar-refractivity contribution is 5.81. The van der Waals surface area contributed by atoms with Crippen molar-refractivity contribution in [3.05, 3.63) is 57.5 Å². The fraction of sp³-hybridized carbons (Fsp3) is 0.435. The zero-order chi connectivity index (χ0) is 23.1. The van der Waals surface area contributed by atoms with Gasteiger partial charge >= 0.3 is 0 Å². The lowest BCUT2D eigenvalue weighted by Crippen LogP contribution is -2.48. The van der Waals surface area contributed by atoms with Crippen molar-refractivity contribution in [2.24, 2.45) is 0 Å². The lowest BCUT2D eigenvalue weighted by Gasteiger charge is -2.36. The molecule has 1 saturated heterocycles. The van der Waals surface area contributed by atoms with E-state index in [0.717, 1.165) is 37.4 Å². The number of hydrogen-bond donors (Lipinski definition) is 0. The molecule has 1 aliphatic heterocycles. The summed E-state index contributed by atoms with van der Waals surface area (Å²) in [5.41, 5.74) is 3.00. The van der Waals surface area contributed by atoms with E-state index in [-0.39, 0.29) is 11.6 Å². The number of rotatable bonds is 5. The molecule has 0 bridgehead atoms. The van der Waals surface area contributed by atoms with Gasteiger partial charge in [-0.2, -0.15) is 10.1 Å². The third-order valence-corrected chi connectivity index (χ3v) is 6.33. The molecule has 0 aliphatic carbocycles. The summed E-state index contributed by atoms with van der Waals surface area (Å²) in [6.07, 6.45) is 0. The molecule has 0 N–H and O–H groups in total. The van der Waals surface area contributed by atoms with E-state index in [1.54, 1.807) is 6.92 Å². The number of nitrogens with zero attached hydrogens (tertiary/aromatic N) is 7. The summed E-state index contributed by atoms with van der Waals surface area (Å²) in [5.74, 6) is 1.84. The van der Waals surface area contributed by atoms with Gasteiger partial charge in [0.15, 0.2) is 5.52 Å². The molecule has 172 valence electrons. The SMILES string of the molecule is Cc1ccc(-c2noc(C(C)N3CCN(Cn4nc(C)c5c(C)onc5c4=O)CC3)n2)cc1. The molecule has 1 fully saturated rings. The third-order valence-electron chi connectivity index (χ3n) is 6.33. The van der Waals surface area contributed by atoms with Crippen LogP contribution in [0.2, 0.25) is 0 Å². The molecule has 0 saturated carbocycles. The fourth-order valence-corrected chi connectivity index (χ4v) is 4.30. The Bertz CT molecular complexity index is 1330. The molecule has 10 nitrogen and oxygen atoms in total. The zero-order valence-electron chi connectivity index (χ0n) is 19.3. The standard InChI is InChI=1S/C23H27N7O3/c1-14-5-7-18(8-6-14)21-24-22(33-27-21)16(3)29-11-9-28(10-12-29)13-30-23(31)20-19(15(2)25-30)17(4)32-26-20/h5-8,16H,9-13H2,1-4H3. The van der Waals surface area contributed by atoms with Gasteiger partial charge in [0.25, 0.3) is 5.56 Å². The van der Waals surface area contributed by atoms with Gasteiger partial charge in [0, 0.05) is 31.7 Å². The van der Waals surface area contributed by atoms with Gasteiger partial charge in [-0.25, -0.2) is 4.68 Å². The molecule has 0 spiro atoms. The zero-order valence-corrected chi connectivity index (χ0v) is 19.3. The highest BCUT2D eigenvalue weighted by Crippen LogP contribution is 2.24. The van der Waals surface area contributed by atoms with Crippen molar-refractivity contribution in [3.8, 4) is 11.4 Å². The lowest BCUT2D eigenvalue weighted by molar-refractivity contribution is 0.0677. The van der Waals surface area contributed by atoms with E-state index < -0.39 is 0 Å². The van der Waals surface area contributed by atoms with Crippen molar-refractivity contribution in [1.82, 2.24) is 34.9 Å². The molecule has 1 aliphatic rings. The molecule has 4 aromatic rings. The molecule has 3 aromatic heterocycles. The predicted molar refractivity (Wildman–Crippen MR) is 122 cm³/mol. The Kier molecular flexibility index (Phi) is 5.55. The highest BCUT2D eigenvalue weighted by atomic mass is 16.5. The number of benzene rings is 1. The summed E-state index contributed by atoms with van der Waals surface area (Å²) in [7, 11) is 0. The van der Waals surface area contributed by atoms with Crippen molar-refractivity contribution < 1.29 is 9.05 Å². The van der Waals surface area contributed by atoms with E-state index in [1.807, 2.05) is 38.1 Å². The highest BCUT2D eigenvalue weighted by Gasteiger charge is 2.27. The minimum Gasteiger partial charge on any atom is -0.360 e. The quantitative estimate of drug-likeness (QED) is 0.454. The summed E-state index contributed by atoms with van der Waals surface area (Å²) < 4.78 is 12.2. The smallest absolute Gasteiger partial charge is 0.298 e. The number of hydrogen-bond acceptors (Lipinski definition) is 9. The van der Waals surface area contributed by atoms with Crippen molar-refractivity contribution >= 4 is 10.9 Å². The van der Waals surface area contributed by atoms with E-state index in [2.05, 4.69) is 37.1 Å². The van der Waals surface area contributed by atoms with Crippen LogP contribution in [0.15, 0.2) is 38.1 Å².